The normalized spacial score (nSPS) is 10.3. The van der Waals surface area contributed by atoms with Gasteiger partial charge in [-0.2, -0.15) is 0 Å². The number of hydrogen-bond acceptors (Lipinski definition) is 0. The van der Waals surface area contributed by atoms with Crippen LogP contribution in [0.3, 0.4) is 0 Å². The van der Waals surface area contributed by atoms with E-state index in [0.717, 1.165) is 5.57 Å². The van der Waals surface area contributed by atoms with E-state index in [9.17, 15) is 0 Å². The lowest BCUT2D eigenvalue weighted by atomic mass is 10.2. The number of hydrogen-bond donors (Lipinski definition) is 0. The van der Waals surface area contributed by atoms with Gasteiger partial charge in [0.25, 0.3) is 0 Å². The molecule has 0 N–H and O–H groups in total. The predicted octanol–water partition coefficient (Wildman–Crippen LogP) is 3.64. The quantitative estimate of drug-likeness (QED) is 0.363. The second-order valence-electron chi connectivity index (χ2n) is 1.48. The Morgan fingerprint density at radius 1 is 1.27 bits per heavy atom. The molecular weight excluding hydrogens is 132 g/mol. The molecule has 0 aromatic rings. The van der Waals surface area contributed by atoms with E-state index < -0.39 is 0 Å². The Kier molecular flexibility index (Phi) is 13.1. The highest BCUT2D eigenvalue weighted by molar-refractivity contribution is 5.23. The van der Waals surface area contributed by atoms with E-state index in [1.165, 1.54) is 0 Å². The molecule has 0 saturated carbocycles. The van der Waals surface area contributed by atoms with Crippen molar-refractivity contribution in [2.45, 2.75) is 20.8 Å². The molecule has 0 radical (unpaired) electrons. The van der Waals surface area contributed by atoms with E-state index in [4.69, 9.17) is 0 Å². The third kappa shape index (κ3) is 8.78. The first kappa shape index (κ1) is 12.5. The second-order valence-corrected chi connectivity index (χ2v) is 1.48. The van der Waals surface area contributed by atoms with Crippen LogP contribution in [0.15, 0.2) is 48.4 Å². The van der Waals surface area contributed by atoms with Crippen molar-refractivity contribution < 1.29 is 0 Å². The average molecular weight is 148 g/mol. The van der Waals surface area contributed by atoms with Crippen LogP contribution in [0.2, 0.25) is 0 Å². The maximum atomic E-state index is 3.00. The summed E-state index contributed by atoms with van der Waals surface area (Å²) in [6.45, 7) is 12.0. The third-order valence-corrected chi connectivity index (χ3v) is 0.795. The molecule has 0 aliphatic heterocycles. The lowest BCUT2D eigenvalue weighted by Crippen LogP contribution is -1.62. The summed E-state index contributed by atoms with van der Waals surface area (Å²) in [7, 11) is 0. The summed E-state index contributed by atoms with van der Waals surface area (Å²) < 4.78 is 0. The largest absolute Gasteiger partial charge is 0.106 e. The second kappa shape index (κ2) is 11.6. The first-order valence-corrected chi connectivity index (χ1v) is 3.74. The zero-order valence-corrected chi connectivity index (χ0v) is 7.65. The Morgan fingerprint density at radius 3 is 2.00 bits per heavy atom. The summed E-state index contributed by atoms with van der Waals surface area (Å²) in [5.41, 5.74) is 6.88. The molecule has 0 amide bonds. The molecule has 0 fully saturated rings. The van der Waals surface area contributed by atoms with Crippen molar-refractivity contribution in [3.8, 4) is 0 Å². The van der Waals surface area contributed by atoms with Crippen molar-refractivity contribution in [2.24, 2.45) is 0 Å². The van der Waals surface area contributed by atoms with E-state index in [2.05, 4.69) is 24.6 Å². The van der Waals surface area contributed by atoms with Gasteiger partial charge in [-0.25, -0.2) is 0 Å². The SMILES string of the molecule is C=C.CC.CC1=C=C=CC=C1. The van der Waals surface area contributed by atoms with E-state index in [-0.39, 0.29) is 0 Å². The summed E-state index contributed by atoms with van der Waals surface area (Å²) in [5.74, 6) is 0. The minimum absolute atomic E-state index is 1.14. The fourth-order valence-corrected chi connectivity index (χ4v) is 0.438. The standard InChI is InChI=1S/C7H6.C2H6.C2H4/c1-7-5-3-2-4-6-7;2*1-2/h2-3,5H,1H3;1-2H3;1-2H2. The molecule has 0 heteroatoms. The lowest BCUT2D eigenvalue weighted by Gasteiger charge is -1.81. The Hall–Kier alpha value is -1.22. The smallest absolute Gasteiger partial charge is 0.000703 e. The minimum atomic E-state index is 1.14. The van der Waals surface area contributed by atoms with E-state index >= 15 is 0 Å². The molecule has 0 bridgehead atoms. The van der Waals surface area contributed by atoms with Crippen LogP contribution < -0.4 is 0 Å². The average Bonchev–Trinajstić information content (AvgIpc) is 2.13. The highest BCUT2D eigenvalue weighted by Gasteiger charge is 1.75. The Labute approximate surface area is 69.9 Å². The first-order valence-electron chi connectivity index (χ1n) is 3.74. The summed E-state index contributed by atoms with van der Waals surface area (Å²) in [6, 6.07) is 0. The van der Waals surface area contributed by atoms with E-state index in [1.54, 1.807) is 0 Å². The minimum Gasteiger partial charge on any atom is -0.106 e. The van der Waals surface area contributed by atoms with E-state index in [0.29, 0.717) is 0 Å². The molecule has 11 heavy (non-hydrogen) atoms. The first-order chi connectivity index (χ1) is 5.39. The Morgan fingerprint density at radius 2 is 1.82 bits per heavy atom. The fraction of sp³-hybridized carbons (Fsp3) is 0.273. The van der Waals surface area contributed by atoms with Gasteiger partial charge in [0.05, 0.1) is 0 Å². The highest BCUT2D eigenvalue weighted by atomic mass is 13.8. The molecule has 1 aliphatic carbocycles. The molecule has 0 aromatic carbocycles. The summed E-state index contributed by atoms with van der Waals surface area (Å²) in [6.07, 6.45) is 5.79. The van der Waals surface area contributed by atoms with Crippen LogP contribution in [0.1, 0.15) is 20.8 Å². The maximum absolute atomic E-state index is 3.00. The Balaban J connectivity index is 0. The van der Waals surface area contributed by atoms with Gasteiger partial charge in [0.1, 0.15) is 0 Å². The summed E-state index contributed by atoms with van der Waals surface area (Å²) in [5, 5.41) is 0. The molecule has 0 atom stereocenters. The van der Waals surface area contributed by atoms with Gasteiger partial charge in [0.15, 0.2) is 0 Å². The van der Waals surface area contributed by atoms with Crippen molar-refractivity contribution in [2.75, 3.05) is 0 Å². The van der Waals surface area contributed by atoms with Crippen molar-refractivity contribution in [3.63, 3.8) is 0 Å². The number of rotatable bonds is 0. The van der Waals surface area contributed by atoms with Crippen LogP contribution in [0.5, 0.6) is 0 Å². The monoisotopic (exact) mass is 148 g/mol. The van der Waals surface area contributed by atoms with Gasteiger partial charge in [-0.3, -0.25) is 0 Å². The van der Waals surface area contributed by atoms with Gasteiger partial charge >= 0.3 is 0 Å². The molecule has 0 nitrogen and oxygen atoms in total. The van der Waals surface area contributed by atoms with Crippen LogP contribution in [0, 0.1) is 0 Å². The molecular formula is C11H16. The van der Waals surface area contributed by atoms with Crippen LogP contribution in [0.4, 0.5) is 0 Å². The van der Waals surface area contributed by atoms with Crippen LogP contribution >= 0.6 is 0 Å². The Bertz CT molecular complexity index is 194. The lowest BCUT2D eigenvalue weighted by molar-refractivity contribution is 1.50. The van der Waals surface area contributed by atoms with E-state index in [1.807, 2.05) is 39.0 Å². The topological polar surface area (TPSA) is 0 Å². The van der Waals surface area contributed by atoms with Crippen molar-refractivity contribution in [1.29, 1.82) is 0 Å². The zero-order chi connectivity index (χ0) is 9.11. The van der Waals surface area contributed by atoms with Gasteiger partial charge in [0.2, 0.25) is 0 Å². The maximum Gasteiger partial charge on any atom is -0.000703 e. The molecule has 0 heterocycles. The molecule has 0 unspecified atom stereocenters. The molecule has 0 aromatic heterocycles. The molecule has 0 saturated heterocycles. The van der Waals surface area contributed by atoms with Crippen molar-refractivity contribution in [3.05, 3.63) is 48.4 Å². The van der Waals surface area contributed by atoms with Gasteiger partial charge in [-0.1, -0.05) is 37.5 Å². The third-order valence-electron chi connectivity index (χ3n) is 0.795. The van der Waals surface area contributed by atoms with Crippen LogP contribution in [-0.2, 0) is 0 Å². The molecule has 1 aliphatic rings. The molecule has 60 valence electrons. The van der Waals surface area contributed by atoms with Gasteiger partial charge in [0, 0.05) is 0 Å². The molecule has 0 spiro atoms. The zero-order valence-electron chi connectivity index (χ0n) is 7.65. The van der Waals surface area contributed by atoms with Gasteiger partial charge in [-0.15, -0.1) is 13.2 Å². The van der Waals surface area contributed by atoms with Gasteiger partial charge < -0.3 is 0 Å². The van der Waals surface area contributed by atoms with Crippen molar-refractivity contribution >= 4 is 0 Å². The van der Waals surface area contributed by atoms with Crippen LogP contribution in [-0.4, -0.2) is 0 Å². The van der Waals surface area contributed by atoms with Crippen molar-refractivity contribution in [1.82, 2.24) is 0 Å². The van der Waals surface area contributed by atoms with Crippen LogP contribution in [0.25, 0.3) is 0 Å². The fourth-order valence-electron chi connectivity index (χ4n) is 0.438. The molecule has 1 rings (SSSR count). The van der Waals surface area contributed by atoms with Gasteiger partial charge in [-0.05, 0) is 18.6 Å². The summed E-state index contributed by atoms with van der Waals surface area (Å²) in [4.78, 5) is 0. The summed E-state index contributed by atoms with van der Waals surface area (Å²) >= 11 is 0. The highest BCUT2D eigenvalue weighted by Crippen LogP contribution is 1.93. The predicted molar refractivity (Wildman–Crippen MR) is 52.5 cm³/mol. The number of allylic oxidation sites excluding steroid dienone is 4.